The molecule has 0 amide bonds. The Balaban J connectivity index is 1.67. The number of nitrogens with two attached hydrogens (primary N) is 1. The van der Waals surface area contributed by atoms with Gasteiger partial charge in [0.15, 0.2) is 0 Å². The average molecular weight is 291 g/mol. The highest BCUT2D eigenvalue weighted by Gasteiger charge is 2.30. The van der Waals surface area contributed by atoms with Gasteiger partial charge in [-0.05, 0) is 45.0 Å². The molecule has 21 heavy (non-hydrogen) atoms. The molecular formula is C17H29N3O. The number of likely N-dealkylation sites (N-methyl/N-ethyl adjacent to an activating group) is 1. The van der Waals surface area contributed by atoms with Crippen LogP contribution in [0.15, 0.2) is 24.3 Å². The van der Waals surface area contributed by atoms with Crippen molar-refractivity contribution in [1.29, 1.82) is 0 Å². The molecule has 0 atom stereocenters. The van der Waals surface area contributed by atoms with Gasteiger partial charge in [-0.15, -0.1) is 0 Å². The molecule has 1 aliphatic rings. The Hall–Kier alpha value is -1.10. The standard InChI is InChI=1S/C17H29N3O/c1-17(2)14-20(11-10-19(17)3)9-4-12-21-16-7-5-15(13-18)6-8-16/h5-8H,4,9-14,18H2,1-3H3. The number of benzene rings is 1. The normalized spacial score (nSPS) is 19.6. The molecule has 4 heteroatoms. The van der Waals surface area contributed by atoms with Crippen molar-refractivity contribution in [3.63, 3.8) is 0 Å². The molecule has 1 aromatic carbocycles. The van der Waals surface area contributed by atoms with Gasteiger partial charge in [-0.1, -0.05) is 12.1 Å². The van der Waals surface area contributed by atoms with Gasteiger partial charge in [0.2, 0.25) is 0 Å². The first kappa shape index (κ1) is 16.3. The van der Waals surface area contributed by atoms with Gasteiger partial charge in [-0.2, -0.15) is 0 Å². The van der Waals surface area contributed by atoms with E-state index >= 15 is 0 Å². The largest absolute Gasteiger partial charge is 0.494 e. The summed E-state index contributed by atoms with van der Waals surface area (Å²) in [7, 11) is 2.21. The Labute approximate surface area is 128 Å². The molecule has 118 valence electrons. The van der Waals surface area contributed by atoms with E-state index in [2.05, 4.69) is 30.7 Å². The predicted molar refractivity (Wildman–Crippen MR) is 87.6 cm³/mol. The van der Waals surface area contributed by atoms with E-state index in [-0.39, 0.29) is 5.54 Å². The number of hydrogen-bond donors (Lipinski definition) is 1. The molecule has 0 spiro atoms. The molecule has 1 aliphatic heterocycles. The Morgan fingerprint density at radius 2 is 1.90 bits per heavy atom. The quantitative estimate of drug-likeness (QED) is 0.813. The molecule has 1 saturated heterocycles. The molecule has 2 rings (SSSR count). The molecule has 1 fully saturated rings. The summed E-state index contributed by atoms with van der Waals surface area (Å²) in [4.78, 5) is 4.99. The SMILES string of the molecule is CN1CCN(CCCOc2ccc(CN)cc2)CC1(C)C. The minimum atomic E-state index is 0.275. The van der Waals surface area contributed by atoms with Crippen LogP contribution in [-0.2, 0) is 6.54 Å². The summed E-state index contributed by atoms with van der Waals surface area (Å²) in [6.45, 7) is 10.5. The molecule has 0 radical (unpaired) electrons. The summed E-state index contributed by atoms with van der Waals surface area (Å²) in [5, 5.41) is 0. The van der Waals surface area contributed by atoms with Crippen LogP contribution in [0.5, 0.6) is 5.75 Å². The van der Waals surface area contributed by atoms with Crippen molar-refractivity contribution in [2.75, 3.05) is 39.8 Å². The van der Waals surface area contributed by atoms with E-state index in [0.29, 0.717) is 6.54 Å². The van der Waals surface area contributed by atoms with E-state index < -0.39 is 0 Å². The Morgan fingerprint density at radius 1 is 1.19 bits per heavy atom. The molecular weight excluding hydrogens is 262 g/mol. The molecule has 1 heterocycles. The molecule has 4 nitrogen and oxygen atoms in total. The number of hydrogen-bond acceptors (Lipinski definition) is 4. The lowest BCUT2D eigenvalue weighted by Gasteiger charge is -2.45. The van der Waals surface area contributed by atoms with Crippen molar-refractivity contribution < 1.29 is 4.74 Å². The van der Waals surface area contributed by atoms with Gasteiger partial charge in [0.05, 0.1) is 6.61 Å². The fraction of sp³-hybridized carbons (Fsp3) is 0.647. The summed E-state index contributed by atoms with van der Waals surface area (Å²) in [6, 6.07) is 8.05. The monoisotopic (exact) mass is 291 g/mol. The third-order valence-corrected chi connectivity index (χ3v) is 4.44. The Morgan fingerprint density at radius 3 is 2.52 bits per heavy atom. The topological polar surface area (TPSA) is 41.7 Å². The molecule has 0 aliphatic carbocycles. The fourth-order valence-electron chi connectivity index (χ4n) is 2.73. The van der Waals surface area contributed by atoms with Crippen molar-refractivity contribution in [1.82, 2.24) is 9.80 Å². The zero-order chi connectivity index (χ0) is 15.3. The van der Waals surface area contributed by atoms with Gasteiger partial charge in [-0.25, -0.2) is 0 Å². The summed E-state index contributed by atoms with van der Waals surface area (Å²) < 4.78 is 5.79. The highest BCUT2D eigenvalue weighted by Crippen LogP contribution is 2.19. The van der Waals surface area contributed by atoms with Crippen LogP contribution < -0.4 is 10.5 Å². The molecule has 2 N–H and O–H groups in total. The lowest BCUT2D eigenvalue weighted by atomic mass is 10.00. The van der Waals surface area contributed by atoms with Crippen LogP contribution in [0, 0.1) is 0 Å². The third-order valence-electron chi connectivity index (χ3n) is 4.44. The van der Waals surface area contributed by atoms with Gasteiger partial charge in [-0.3, -0.25) is 4.90 Å². The molecule has 1 aromatic rings. The van der Waals surface area contributed by atoms with Gasteiger partial charge in [0.25, 0.3) is 0 Å². The summed E-state index contributed by atoms with van der Waals surface area (Å²) >= 11 is 0. The van der Waals surface area contributed by atoms with Crippen molar-refractivity contribution >= 4 is 0 Å². The second-order valence-electron chi connectivity index (χ2n) is 6.56. The fourth-order valence-corrected chi connectivity index (χ4v) is 2.73. The zero-order valence-corrected chi connectivity index (χ0v) is 13.6. The van der Waals surface area contributed by atoms with Crippen molar-refractivity contribution in [2.24, 2.45) is 5.73 Å². The van der Waals surface area contributed by atoms with E-state index in [1.54, 1.807) is 0 Å². The van der Waals surface area contributed by atoms with Crippen LogP contribution in [0.25, 0.3) is 0 Å². The maximum atomic E-state index is 5.79. The molecule has 0 bridgehead atoms. The van der Waals surface area contributed by atoms with Crippen LogP contribution in [0.1, 0.15) is 25.8 Å². The second kappa shape index (κ2) is 7.25. The maximum absolute atomic E-state index is 5.79. The predicted octanol–water partition coefficient (Wildman–Crippen LogP) is 1.94. The van der Waals surface area contributed by atoms with Crippen LogP contribution in [0.3, 0.4) is 0 Å². The van der Waals surface area contributed by atoms with Crippen LogP contribution in [-0.4, -0.2) is 55.2 Å². The van der Waals surface area contributed by atoms with Gasteiger partial charge < -0.3 is 15.4 Å². The van der Waals surface area contributed by atoms with Gasteiger partial charge in [0, 0.05) is 38.3 Å². The lowest BCUT2D eigenvalue weighted by molar-refractivity contribution is 0.0377. The van der Waals surface area contributed by atoms with Crippen molar-refractivity contribution in [2.45, 2.75) is 32.4 Å². The number of nitrogens with zero attached hydrogens (tertiary/aromatic N) is 2. The van der Waals surface area contributed by atoms with E-state index in [1.807, 2.05) is 24.3 Å². The second-order valence-corrected chi connectivity index (χ2v) is 6.56. The smallest absolute Gasteiger partial charge is 0.119 e. The summed E-state index contributed by atoms with van der Waals surface area (Å²) in [5.41, 5.74) is 7.00. The first-order chi connectivity index (χ1) is 10.0. The van der Waals surface area contributed by atoms with E-state index in [4.69, 9.17) is 10.5 Å². The minimum absolute atomic E-state index is 0.275. The third kappa shape index (κ3) is 4.70. The Kier molecular flexibility index (Phi) is 5.62. The number of rotatable bonds is 6. The first-order valence-electron chi connectivity index (χ1n) is 7.87. The highest BCUT2D eigenvalue weighted by atomic mass is 16.5. The van der Waals surface area contributed by atoms with Crippen LogP contribution in [0.4, 0.5) is 0 Å². The minimum Gasteiger partial charge on any atom is -0.494 e. The lowest BCUT2D eigenvalue weighted by Crippen LogP contribution is -2.57. The van der Waals surface area contributed by atoms with E-state index in [9.17, 15) is 0 Å². The summed E-state index contributed by atoms with van der Waals surface area (Å²) in [6.07, 6.45) is 1.07. The number of ether oxygens (including phenoxy) is 1. The van der Waals surface area contributed by atoms with E-state index in [1.165, 1.54) is 0 Å². The highest BCUT2D eigenvalue weighted by molar-refractivity contribution is 5.26. The van der Waals surface area contributed by atoms with Crippen LogP contribution in [0.2, 0.25) is 0 Å². The average Bonchev–Trinajstić information content (AvgIpc) is 2.47. The molecule has 0 aromatic heterocycles. The zero-order valence-electron chi connectivity index (χ0n) is 13.6. The number of piperazine rings is 1. The Bertz CT molecular complexity index is 430. The van der Waals surface area contributed by atoms with Gasteiger partial charge in [0.1, 0.15) is 5.75 Å². The van der Waals surface area contributed by atoms with Gasteiger partial charge >= 0.3 is 0 Å². The van der Waals surface area contributed by atoms with Crippen molar-refractivity contribution in [3.8, 4) is 5.75 Å². The summed E-state index contributed by atoms with van der Waals surface area (Å²) in [5.74, 6) is 0.936. The van der Waals surface area contributed by atoms with Crippen LogP contribution >= 0.6 is 0 Å². The first-order valence-corrected chi connectivity index (χ1v) is 7.87. The molecule has 0 unspecified atom stereocenters. The van der Waals surface area contributed by atoms with E-state index in [0.717, 1.165) is 50.5 Å². The molecule has 0 saturated carbocycles. The van der Waals surface area contributed by atoms with Crippen molar-refractivity contribution in [3.05, 3.63) is 29.8 Å². The maximum Gasteiger partial charge on any atom is 0.119 e.